The van der Waals surface area contributed by atoms with Gasteiger partial charge in [-0.05, 0) is 12.2 Å². The fraction of sp³-hybridized carbons (Fsp3) is 0.667. The van der Waals surface area contributed by atoms with Gasteiger partial charge in [0.25, 0.3) is 0 Å². The molecule has 0 spiro atoms. The molecular formula is C9H16O2S. The molecule has 0 aliphatic carbocycles. The summed E-state index contributed by atoms with van der Waals surface area (Å²) in [6.45, 7) is 5.47. The van der Waals surface area contributed by atoms with Crippen LogP contribution in [0.5, 0.6) is 0 Å². The van der Waals surface area contributed by atoms with Gasteiger partial charge in [-0.1, -0.05) is 26.3 Å². The monoisotopic (exact) mass is 188 g/mol. The van der Waals surface area contributed by atoms with E-state index < -0.39 is 0 Å². The second-order valence-electron chi connectivity index (χ2n) is 2.40. The number of unbranched alkanes of at least 4 members (excludes halogenated alkanes) is 2. The topological polar surface area (TPSA) is 26.3 Å². The SMILES string of the molecule is C=CC(=O)OCSCCCCC. The van der Waals surface area contributed by atoms with Gasteiger partial charge in [0.05, 0.1) is 0 Å². The zero-order valence-corrected chi connectivity index (χ0v) is 8.36. The summed E-state index contributed by atoms with van der Waals surface area (Å²) in [6.07, 6.45) is 4.87. The summed E-state index contributed by atoms with van der Waals surface area (Å²) < 4.78 is 4.78. The van der Waals surface area contributed by atoms with Crippen LogP contribution in [0.1, 0.15) is 26.2 Å². The predicted molar refractivity (Wildman–Crippen MR) is 53.1 cm³/mol. The Labute approximate surface area is 78.4 Å². The minimum absolute atomic E-state index is 0.335. The lowest BCUT2D eigenvalue weighted by atomic mass is 10.3. The second kappa shape index (κ2) is 8.65. The molecular weight excluding hydrogens is 172 g/mol. The zero-order chi connectivity index (χ0) is 9.23. The average Bonchev–Trinajstić information content (AvgIpc) is 2.10. The van der Waals surface area contributed by atoms with E-state index >= 15 is 0 Å². The van der Waals surface area contributed by atoms with Gasteiger partial charge in [-0.15, -0.1) is 11.8 Å². The van der Waals surface area contributed by atoms with Crippen LogP contribution < -0.4 is 0 Å². The highest BCUT2D eigenvalue weighted by molar-refractivity contribution is 7.99. The second-order valence-corrected chi connectivity index (χ2v) is 3.45. The van der Waals surface area contributed by atoms with Crippen molar-refractivity contribution in [3.8, 4) is 0 Å². The highest BCUT2D eigenvalue weighted by atomic mass is 32.2. The minimum atomic E-state index is -0.335. The minimum Gasteiger partial charge on any atom is -0.451 e. The number of carbonyl (C=O) groups excluding carboxylic acids is 1. The fourth-order valence-electron chi connectivity index (χ4n) is 0.672. The Kier molecular flexibility index (Phi) is 8.34. The number of ether oxygens (including phenoxy) is 1. The summed E-state index contributed by atoms with van der Waals surface area (Å²) in [4.78, 5) is 10.5. The van der Waals surface area contributed by atoms with Gasteiger partial charge in [-0.25, -0.2) is 4.79 Å². The van der Waals surface area contributed by atoms with Crippen molar-refractivity contribution >= 4 is 17.7 Å². The van der Waals surface area contributed by atoms with Gasteiger partial charge in [-0.3, -0.25) is 0 Å². The van der Waals surface area contributed by atoms with Crippen LogP contribution in [0.4, 0.5) is 0 Å². The van der Waals surface area contributed by atoms with E-state index in [1.54, 1.807) is 11.8 Å². The molecule has 0 N–H and O–H groups in total. The van der Waals surface area contributed by atoms with Crippen LogP contribution >= 0.6 is 11.8 Å². The summed E-state index contributed by atoms with van der Waals surface area (Å²) in [6, 6.07) is 0. The molecule has 70 valence electrons. The quantitative estimate of drug-likeness (QED) is 0.266. The van der Waals surface area contributed by atoms with Gasteiger partial charge in [-0.2, -0.15) is 0 Å². The third-order valence-corrected chi connectivity index (χ3v) is 2.21. The van der Waals surface area contributed by atoms with Gasteiger partial charge >= 0.3 is 5.97 Å². The lowest BCUT2D eigenvalue weighted by molar-refractivity contribution is -0.135. The molecule has 0 saturated carbocycles. The van der Waals surface area contributed by atoms with Crippen LogP contribution in [0.25, 0.3) is 0 Å². The molecule has 0 atom stereocenters. The highest BCUT2D eigenvalue weighted by Crippen LogP contribution is 2.06. The summed E-state index contributed by atoms with van der Waals surface area (Å²) in [5.74, 6) is 1.19. The normalized spacial score (nSPS) is 9.42. The standard InChI is InChI=1S/C9H16O2S/c1-3-5-6-7-12-8-11-9(10)4-2/h4H,2-3,5-8H2,1H3. The van der Waals surface area contributed by atoms with E-state index in [9.17, 15) is 4.79 Å². The van der Waals surface area contributed by atoms with Crippen molar-refractivity contribution in [3.63, 3.8) is 0 Å². The molecule has 0 aromatic heterocycles. The first-order valence-electron chi connectivity index (χ1n) is 4.18. The van der Waals surface area contributed by atoms with Crippen LogP contribution in [-0.2, 0) is 9.53 Å². The van der Waals surface area contributed by atoms with Gasteiger partial charge in [0.1, 0.15) is 5.94 Å². The molecule has 0 aromatic rings. The van der Waals surface area contributed by atoms with Gasteiger partial charge in [0, 0.05) is 6.08 Å². The summed E-state index contributed by atoms with van der Waals surface area (Å²) in [5.41, 5.74) is 0. The van der Waals surface area contributed by atoms with Crippen molar-refractivity contribution in [3.05, 3.63) is 12.7 Å². The summed E-state index contributed by atoms with van der Waals surface area (Å²) in [5, 5.41) is 0. The number of hydrogen-bond donors (Lipinski definition) is 0. The number of esters is 1. The molecule has 0 aliphatic rings. The lowest BCUT2D eigenvalue weighted by Gasteiger charge is -2.00. The van der Waals surface area contributed by atoms with E-state index in [4.69, 9.17) is 4.74 Å². The first kappa shape index (κ1) is 11.6. The molecule has 0 amide bonds. The summed E-state index contributed by atoms with van der Waals surface area (Å²) >= 11 is 1.65. The zero-order valence-electron chi connectivity index (χ0n) is 7.54. The largest absolute Gasteiger partial charge is 0.451 e. The number of rotatable bonds is 7. The molecule has 0 rings (SSSR count). The highest BCUT2D eigenvalue weighted by Gasteiger charge is 1.94. The van der Waals surface area contributed by atoms with Gasteiger partial charge in [0.2, 0.25) is 0 Å². The van der Waals surface area contributed by atoms with Crippen LogP contribution in [0.15, 0.2) is 12.7 Å². The van der Waals surface area contributed by atoms with E-state index in [0.29, 0.717) is 5.94 Å². The van der Waals surface area contributed by atoms with Crippen molar-refractivity contribution in [2.75, 3.05) is 11.7 Å². The Balaban J connectivity index is 3.00. The molecule has 0 aromatic carbocycles. The third kappa shape index (κ3) is 7.66. The number of thioether (sulfide) groups is 1. The molecule has 0 heterocycles. The maximum Gasteiger partial charge on any atom is 0.330 e. The Morgan fingerprint density at radius 1 is 1.58 bits per heavy atom. The molecule has 0 radical (unpaired) electrons. The van der Waals surface area contributed by atoms with E-state index in [-0.39, 0.29) is 5.97 Å². The van der Waals surface area contributed by atoms with Crippen molar-refractivity contribution in [1.29, 1.82) is 0 Å². The van der Waals surface area contributed by atoms with Crippen LogP contribution in [0.3, 0.4) is 0 Å². The van der Waals surface area contributed by atoms with Crippen molar-refractivity contribution in [2.24, 2.45) is 0 Å². The fourth-order valence-corrected chi connectivity index (χ4v) is 1.40. The molecule has 3 heteroatoms. The Morgan fingerprint density at radius 2 is 2.33 bits per heavy atom. The Bertz CT molecular complexity index is 134. The molecule has 0 bridgehead atoms. The maximum atomic E-state index is 10.5. The van der Waals surface area contributed by atoms with E-state index in [1.165, 1.54) is 25.3 Å². The van der Waals surface area contributed by atoms with Crippen LogP contribution in [-0.4, -0.2) is 17.7 Å². The first-order chi connectivity index (χ1) is 5.81. The predicted octanol–water partition coefficient (Wildman–Crippen LogP) is 2.60. The smallest absolute Gasteiger partial charge is 0.330 e. The van der Waals surface area contributed by atoms with Crippen molar-refractivity contribution in [2.45, 2.75) is 26.2 Å². The average molecular weight is 188 g/mol. The number of hydrogen-bond acceptors (Lipinski definition) is 3. The van der Waals surface area contributed by atoms with Crippen molar-refractivity contribution in [1.82, 2.24) is 0 Å². The van der Waals surface area contributed by atoms with Crippen LogP contribution in [0, 0.1) is 0 Å². The molecule has 0 fully saturated rings. The molecule has 0 saturated heterocycles. The summed E-state index contributed by atoms with van der Waals surface area (Å²) in [7, 11) is 0. The maximum absolute atomic E-state index is 10.5. The molecule has 0 unspecified atom stereocenters. The van der Waals surface area contributed by atoms with Crippen LogP contribution in [0.2, 0.25) is 0 Å². The van der Waals surface area contributed by atoms with Gasteiger partial charge in [0.15, 0.2) is 0 Å². The Morgan fingerprint density at radius 3 is 2.92 bits per heavy atom. The van der Waals surface area contributed by atoms with E-state index in [2.05, 4.69) is 13.5 Å². The molecule has 12 heavy (non-hydrogen) atoms. The van der Waals surface area contributed by atoms with Crippen molar-refractivity contribution < 1.29 is 9.53 Å². The van der Waals surface area contributed by atoms with E-state index in [1.807, 2.05) is 0 Å². The first-order valence-corrected chi connectivity index (χ1v) is 5.33. The Hall–Kier alpha value is -0.440. The third-order valence-electron chi connectivity index (χ3n) is 1.34. The number of carbonyl (C=O) groups is 1. The van der Waals surface area contributed by atoms with Gasteiger partial charge < -0.3 is 4.74 Å². The molecule has 0 aliphatic heterocycles. The lowest BCUT2D eigenvalue weighted by Crippen LogP contribution is -1.99. The molecule has 2 nitrogen and oxygen atoms in total. The van der Waals surface area contributed by atoms with E-state index in [0.717, 1.165) is 5.75 Å².